The van der Waals surface area contributed by atoms with Gasteiger partial charge in [0.2, 0.25) is 0 Å². The van der Waals surface area contributed by atoms with Gasteiger partial charge in [-0.05, 0) is 32.1 Å². The minimum Gasteiger partial charge on any atom is -0.505 e. The van der Waals surface area contributed by atoms with Crippen LogP contribution in [0.15, 0.2) is 27.3 Å². The molecule has 0 amide bonds. The van der Waals surface area contributed by atoms with Crippen LogP contribution in [0.3, 0.4) is 0 Å². The van der Waals surface area contributed by atoms with Gasteiger partial charge in [0.15, 0.2) is 28.1 Å². The fourth-order valence-corrected chi connectivity index (χ4v) is 8.04. The molecule has 9 heteroatoms. The minimum absolute atomic E-state index is 0.00705. The standard InChI is InChI=1S/C36H35NO8/c1-15-12-18-24-29-25(34(41)33(18)37-17-10-8-6-7-9-11-17)19(39)13-21(43-3)27(29)28-22(44-4)14-20(40)26-31(28)30(24)32(23(15)16(2)38)36(45-5)35(26)42/h12-14,17,23,37,41-42H,6-11H2,1-5H3. The van der Waals surface area contributed by atoms with Crippen LogP contribution < -0.4 is 30.4 Å². The first-order valence-electron chi connectivity index (χ1n) is 15.3. The molecule has 0 spiro atoms. The molecule has 2 aliphatic carbocycles. The Balaban J connectivity index is 1.86. The van der Waals surface area contributed by atoms with Crippen LogP contribution in [0.4, 0.5) is 5.69 Å². The molecule has 0 radical (unpaired) electrons. The average Bonchev–Trinajstić information content (AvgIpc) is 3.35. The number of methoxy groups -OCH3 is 3. The number of anilines is 1. The monoisotopic (exact) mass is 609 g/mol. The number of hydrogen-bond donors (Lipinski definition) is 3. The quantitative estimate of drug-likeness (QED) is 0.0848. The SMILES string of the molecule is COc1c(O)c2c(=O)cc(OC)c3c4c(OC)cc(=O)c5c(O)c(NC6CCCCCC6)c6c(c(c1C(C(C)=O)C(C)=C6)c23)c54. The van der Waals surface area contributed by atoms with Crippen molar-refractivity contribution in [2.75, 3.05) is 26.6 Å². The molecule has 0 heterocycles. The highest BCUT2D eigenvalue weighted by Crippen LogP contribution is 2.58. The first kappa shape index (κ1) is 29.0. The Bertz CT molecular complexity index is 2210. The summed E-state index contributed by atoms with van der Waals surface area (Å²) in [5.74, 6) is -1.16. The lowest BCUT2D eigenvalue weighted by atomic mass is 9.80. The molecule has 1 saturated carbocycles. The number of Topliss-reactive ketones (excluding diaryl/α,β-unsaturated/α-hetero) is 1. The maximum absolute atomic E-state index is 13.9. The van der Waals surface area contributed by atoms with Crippen LogP contribution in [-0.2, 0) is 4.79 Å². The zero-order chi connectivity index (χ0) is 31.9. The highest BCUT2D eigenvalue weighted by Gasteiger charge is 2.37. The number of hydrogen-bond acceptors (Lipinski definition) is 9. The first-order chi connectivity index (χ1) is 21.6. The van der Waals surface area contributed by atoms with Crippen molar-refractivity contribution in [3.63, 3.8) is 0 Å². The van der Waals surface area contributed by atoms with Crippen LogP contribution >= 0.6 is 0 Å². The zero-order valence-electron chi connectivity index (χ0n) is 26.0. The number of ether oxygens (including phenoxy) is 3. The first-order valence-corrected chi connectivity index (χ1v) is 15.3. The summed E-state index contributed by atoms with van der Waals surface area (Å²) in [5, 5.41) is 30.2. The average molecular weight is 610 g/mol. The van der Waals surface area contributed by atoms with Crippen LogP contribution in [0.2, 0.25) is 0 Å². The predicted octanol–water partition coefficient (Wildman–Crippen LogP) is 6.56. The number of ketones is 1. The van der Waals surface area contributed by atoms with E-state index in [9.17, 15) is 24.6 Å². The van der Waals surface area contributed by atoms with E-state index in [4.69, 9.17) is 14.2 Å². The molecule has 0 saturated heterocycles. The number of carbonyl (C=O) groups excluding carboxylic acids is 1. The molecule has 1 unspecified atom stereocenters. The third-order valence-corrected chi connectivity index (χ3v) is 9.86. The van der Waals surface area contributed by atoms with Crippen molar-refractivity contribution in [3.05, 3.63) is 49.3 Å². The summed E-state index contributed by atoms with van der Waals surface area (Å²) in [6.07, 6.45) is 8.05. The fraction of sp³-hybridized carbons (Fsp3) is 0.361. The van der Waals surface area contributed by atoms with Gasteiger partial charge in [0, 0.05) is 56.2 Å². The van der Waals surface area contributed by atoms with E-state index >= 15 is 0 Å². The Morgan fingerprint density at radius 1 is 0.756 bits per heavy atom. The number of carbonyl (C=O) groups is 1. The van der Waals surface area contributed by atoms with E-state index in [0.29, 0.717) is 54.7 Å². The second-order valence-corrected chi connectivity index (χ2v) is 12.4. The van der Waals surface area contributed by atoms with Crippen molar-refractivity contribution >= 4 is 60.6 Å². The van der Waals surface area contributed by atoms with Crippen LogP contribution in [0.5, 0.6) is 28.7 Å². The summed E-state index contributed by atoms with van der Waals surface area (Å²) >= 11 is 0. The Labute approximate surface area is 258 Å². The van der Waals surface area contributed by atoms with Crippen molar-refractivity contribution in [1.29, 1.82) is 0 Å². The molecule has 45 heavy (non-hydrogen) atoms. The lowest BCUT2D eigenvalue weighted by molar-refractivity contribution is -0.117. The number of phenols is 2. The van der Waals surface area contributed by atoms with Gasteiger partial charge in [-0.25, -0.2) is 0 Å². The van der Waals surface area contributed by atoms with Crippen molar-refractivity contribution in [1.82, 2.24) is 0 Å². The molecule has 0 bridgehead atoms. The van der Waals surface area contributed by atoms with Gasteiger partial charge in [0.05, 0.1) is 43.7 Å². The summed E-state index contributed by atoms with van der Waals surface area (Å²) in [7, 11) is 4.28. The number of rotatable bonds is 6. The van der Waals surface area contributed by atoms with E-state index in [1.165, 1.54) is 40.4 Å². The number of benzene rings is 5. The van der Waals surface area contributed by atoms with Crippen molar-refractivity contribution in [2.45, 2.75) is 64.3 Å². The van der Waals surface area contributed by atoms with E-state index in [1.807, 2.05) is 13.0 Å². The van der Waals surface area contributed by atoms with E-state index in [1.54, 1.807) is 0 Å². The number of fused-ring (bicyclic) bond motifs is 1. The summed E-state index contributed by atoms with van der Waals surface area (Å²) in [6.45, 7) is 3.31. The molecule has 0 aromatic heterocycles. The topological polar surface area (TPSA) is 131 Å². The van der Waals surface area contributed by atoms with Gasteiger partial charge in [0.25, 0.3) is 0 Å². The van der Waals surface area contributed by atoms with Gasteiger partial charge in [-0.1, -0.05) is 37.3 Å². The molecule has 5 aromatic rings. The van der Waals surface area contributed by atoms with E-state index in [-0.39, 0.29) is 51.3 Å². The van der Waals surface area contributed by atoms with Gasteiger partial charge < -0.3 is 29.7 Å². The maximum Gasteiger partial charge on any atom is 0.194 e. The molecular weight excluding hydrogens is 574 g/mol. The highest BCUT2D eigenvalue weighted by atomic mass is 16.5. The number of aromatic hydroxyl groups is 2. The Morgan fingerprint density at radius 3 is 1.84 bits per heavy atom. The Hall–Kier alpha value is -4.79. The van der Waals surface area contributed by atoms with Gasteiger partial charge in [0.1, 0.15) is 17.3 Å². The second kappa shape index (κ2) is 10.4. The normalized spacial score (nSPS) is 17.2. The molecule has 9 nitrogen and oxygen atoms in total. The van der Waals surface area contributed by atoms with Crippen LogP contribution in [0.25, 0.3) is 49.2 Å². The number of nitrogens with one attached hydrogen (secondary N) is 1. The van der Waals surface area contributed by atoms with Crippen LogP contribution in [-0.4, -0.2) is 43.4 Å². The van der Waals surface area contributed by atoms with Crippen molar-refractivity contribution in [3.8, 4) is 28.7 Å². The summed E-state index contributed by atoms with van der Waals surface area (Å²) in [6, 6.07) is 2.68. The highest BCUT2D eigenvalue weighted by molar-refractivity contribution is 6.40. The minimum atomic E-state index is -0.853. The lowest BCUT2D eigenvalue weighted by Gasteiger charge is -2.26. The van der Waals surface area contributed by atoms with Crippen molar-refractivity contribution in [2.24, 2.45) is 0 Å². The van der Waals surface area contributed by atoms with Gasteiger partial charge in [-0.15, -0.1) is 0 Å². The zero-order valence-corrected chi connectivity index (χ0v) is 26.0. The van der Waals surface area contributed by atoms with E-state index in [2.05, 4.69) is 5.32 Å². The maximum atomic E-state index is 13.9. The van der Waals surface area contributed by atoms with Crippen LogP contribution in [0.1, 0.15) is 69.4 Å². The number of phenolic OH excluding ortho intramolecular Hbond substituents is 2. The Kier molecular flexibility index (Phi) is 6.69. The van der Waals surface area contributed by atoms with Gasteiger partial charge in [-0.2, -0.15) is 0 Å². The van der Waals surface area contributed by atoms with E-state index in [0.717, 1.165) is 38.5 Å². The molecule has 1 atom stereocenters. The molecule has 2 aliphatic rings. The van der Waals surface area contributed by atoms with Crippen molar-refractivity contribution < 1.29 is 29.2 Å². The predicted molar refractivity (Wildman–Crippen MR) is 177 cm³/mol. The molecule has 3 N–H and O–H groups in total. The molecule has 5 aromatic carbocycles. The van der Waals surface area contributed by atoms with Gasteiger partial charge in [-0.3, -0.25) is 14.4 Å². The Morgan fingerprint density at radius 2 is 1.31 bits per heavy atom. The molecule has 1 fully saturated rings. The summed E-state index contributed by atoms with van der Waals surface area (Å²) < 4.78 is 17.3. The smallest absolute Gasteiger partial charge is 0.194 e. The fourth-order valence-electron chi connectivity index (χ4n) is 8.04. The third kappa shape index (κ3) is 3.89. The second-order valence-electron chi connectivity index (χ2n) is 12.4. The van der Waals surface area contributed by atoms with Gasteiger partial charge >= 0.3 is 0 Å². The summed E-state index contributed by atoms with van der Waals surface area (Å²) in [5.41, 5.74) is 1.12. The van der Waals surface area contributed by atoms with E-state index < -0.39 is 16.8 Å². The number of allylic oxidation sites excluding steroid dienone is 1. The molecule has 0 aliphatic heterocycles. The third-order valence-electron chi connectivity index (χ3n) is 9.86. The summed E-state index contributed by atoms with van der Waals surface area (Å²) in [4.78, 5) is 41.2. The lowest BCUT2D eigenvalue weighted by Crippen LogP contribution is -2.19. The van der Waals surface area contributed by atoms with Crippen LogP contribution in [0, 0.1) is 0 Å². The largest absolute Gasteiger partial charge is 0.505 e. The molecular formula is C36H35NO8. The molecule has 7 rings (SSSR count). The molecule has 232 valence electrons.